The number of carbonyl (C=O) groups excluding carboxylic acids is 1. The summed E-state index contributed by atoms with van der Waals surface area (Å²) in [5, 5.41) is 5.21. The van der Waals surface area contributed by atoms with Crippen LogP contribution in [-0.4, -0.2) is 38.1 Å². The number of benzene rings is 1. The second kappa shape index (κ2) is 6.17. The number of hydrogen-bond donors (Lipinski definition) is 2. The molecule has 0 radical (unpaired) electrons. The number of rotatable bonds is 5. The van der Waals surface area contributed by atoms with Gasteiger partial charge in [-0.15, -0.1) is 0 Å². The van der Waals surface area contributed by atoms with Crippen molar-refractivity contribution < 1.29 is 18.3 Å². The van der Waals surface area contributed by atoms with Crippen molar-refractivity contribution in [1.82, 2.24) is 10.6 Å². The zero-order valence-corrected chi connectivity index (χ0v) is 11.3. The third kappa shape index (κ3) is 3.90. The first kappa shape index (κ1) is 14.7. The number of nitrogens with one attached hydrogen (secondary N) is 2. The number of methoxy groups -OCH3 is 1. The number of hydrogen-bond acceptors (Lipinski definition) is 3. The number of ether oxygens (including phenoxy) is 1. The summed E-state index contributed by atoms with van der Waals surface area (Å²) in [5.41, 5.74) is 1.05. The SMILES string of the molecule is COc1ccc(CCNC(=O)C2CC(F)(F)CN2)cc1. The van der Waals surface area contributed by atoms with Gasteiger partial charge >= 0.3 is 0 Å². The molecular weight excluding hydrogens is 266 g/mol. The minimum Gasteiger partial charge on any atom is -0.497 e. The summed E-state index contributed by atoms with van der Waals surface area (Å²) in [6, 6.07) is 6.72. The van der Waals surface area contributed by atoms with Gasteiger partial charge in [0.1, 0.15) is 5.75 Å². The second-order valence-corrected chi connectivity index (χ2v) is 4.88. The lowest BCUT2D eigenvalue weighted by Crippen LogP contribution is -2.41. The monoisotopic (exact) mass is 284 g/mol. The fourth-order valence-electron chi connectivity index (χ4n) is 2.15. The molecule has 1 unspecified atom stereocenters. The van der Waals surface area contributed by atoms with Gasteiger partial charge in [0.05, 0.1) is 19.7 Å². The number of alkyl halides is 2. The van der Waals surface area contributed by atoms with Gasteiger partial charge in [-0.05, 0) is 24.1 Å². The van der Waals surface area contributed by atoms with E-state index in [1.165, 1.54) is 0 Å². The molecule has 0 aromatic heterocycles. The van der Waals surface area contributed by atoms with Gasteiger partial charge in [0.25, 0.3) is 5.92 Å². The predicted molar refractivity (Wildman–Crippen MR) is 71.1 cm³/mol. The Bertz CT molecular complexity index is 463. The Morgan fingerprint density at radius 1 is 1.45 bits per heavy atom. The Labute approximate surface area is 116 Å². The second-order valence-electron chi connectivity index (χ2n) is 4.88. The van der Waals surface area contributed by atoms with Crippen LogP contribution in [0.25, 0.3) is 0 Å². The van der Waals surface area contributed by atoms with E-state index in [0.29, 0.717) is 13.0 Å². The van der Waals surface area contributed by atoms with Crippen LogP contribution >= 0.6 is 0 Å². The van der Waals surface area contributed by atoms with Gasteiger partial charge < -0.3 is 10.1 Å². The van der Waals surface area contributed by atoms with Crippen LogP contribution in [0.5, 0.6) is 5.75 Å². The van der Waals surface area contributed by atoms with E-state index >= 15 is 0 Å². The van der Waals surface area contributed by atoms with Crippen LogP contribution in [0.1, 0.15) is 12.0 Å². The van der Waals surface area contributed by atoms with Crippen molar-refractivity contribution in [2.75, 3.05) is 20.2 Å². The van der Waals surface area contributed by atoms with E-state index in [9.17, 15) is 13.6 Å². The van der Waals surface area contributed by atoms with Crippen molar-refractivity contribution in [3.63, 3.8) is 0 Å². The molecule has 0 spiro atoms. The Kier molecular flexibility index (Phi) is 4.54. The van der Waals surface area contributed by atoms with Crippen molar-refractivity contribution in [3.05, 3.63) is 29.8 Å². The lowest BCUT2D eigenvalue weighted by atomic mass is 10.1. The molecule has 1 saturated heterocycles. The fourth-order valence-corrected chi connectivity index (χ4v) is 2.15. The van der Waals surface area contributed by atoms with Crippen LogP contribution in [0.15, 0.2) is 24.3 Å². The molecule has 6 heteroatoms. The van der Waals surface area contributed by atoms with Crippen LogP contribution in [0, 0.1) is 0 Å². The van der Waals surface area contributed by atoms with E-state index in [-0.39, 0.29) is 5.91 Å². The Morgan fingerprint density at radius 2 is 2.15 bits per heavy atom. The molecule has 1 amide bonds. The number of carbonyl (C=O) groups is 1. The zero-order valence-electron chi connectivity index (χ0n) is 11.3. The quantitative estimate of drug-likeness (QED) is 0.858. The predicted octanol–water partition coefficient (Wildman–Crippen LogP) is 1.35. The molecule has 1 aromatic rings. The Balaban J connectivity index is 1.74. The van der Waals surface area contributed by atoms with E-state index in [1.54, 1.807) is 7.11 Å². The Morgan fingerprint density at radius 3 is 2.70 bits per heavy atom. The van der Waals surface area contributed by atoms with Gasteiger partial charge in [-0.2, -0.15) is 0 Å². The maximum Gasteiger partial charge on any atom is 0.262 e. The maximum absolute atomic E-state index is 13.0. The van der Waals surface area contributed by atoms with Gasteiger partial charge in [0.2, 0.25) is 5.91 Å². The van der Waals surface area contributed by atoms with Crippen LogP contribution in [0.3, 0.4) is 0 Å². The molecule has 1 aromatic carbocycles. The van der Waals surface area contributed by atoms with Gasteiger partial charge in [-0.25, -0.2) is 8.78 Å². The van der Waals surface area contributed by atoms with E-state index < -0.39 is 24.9 Å². The molecule has 4 nitrogen and oxygen atoms in total. The molecule has 0 aliphatic carbocycles. The first-order valence-corrected chi connectivity index (χ1v) is 6.52. The van der Waals surface area contributed by atoms with Crippen LogP contribution in [0.2, 0.25) is 0 Å². The van der Waals surface area contributed by atoms with Crippen LogP contribution in [0.4, 0.5) is 8.78 Å². The highest BCUT2D eigenvalue weighted by Gasteiger charge is 2.42. The zero-order chi connectivity index (χ0) is 14.6. The van der Waals surface area contributed by atoms with Gasteiger partial charge in [0.15, 0.2) is 0 Å². The van der Waals surface area contributed by atoms with Crippen molar-refractivity contribution in [3.8, 4) is 5.75 Å². The van der Waals surface area contributed by atoms with Gasteiger partial charge in [0, 0.05) is 13.0 Å². The third-order valence-corrected chi connectivity index (χ3v) is 3.30. The number of halogens is 2. The van der Waals surface area contributed by atoms with Gasteiger partial charge in [-0.1, -0.05) is 12.1 Å². The summed E-state index contributed by atoms with van der Waals surface area (Å²) >= 11 is 0. The largest absolute Gasteiger partial charge is 0.497 e. The summed E-state index contributed by atoms with van der Waals surface area (Å²) in [6.07, 6.45) is 0.222. The molecule has 2 rings (SSSR count). The van der Waals surface area contributed by atoms with E-state index in [2.05, 4.69) is 10.6 Å². The molecule has 110 valence electrons. The van der Waals surface area contributed by atoms with Crippen molar-refractivity contribution in [2.45, 2.75) is 24.8 Å². The van der Waals surface area contributed by atoms with Crippen molar-refractivity contribution in [2.24, 2.45) is 0 Å². The van der Waals surface area contributed by atoms with Crippen LogP contribution in [-0.2, 0) is 11.2 Å². The first-order chi connectivity index (χ1) is 9.50. The molecular formula is C14H18F2N2O2. The van der Waals surface area contributed by atoms with E-state index in [4.69, 9.17) is 4.74 Å². The molecule has 0 saturated carbocycles. The molecule has 1 atom stereocenters. The molecule has 1 heterocycles. The Hall–Kier alpha value is -1.69. The normalized spacial score (nSPS) is 20.6. The smallest absolute Gasteiger partial charge is 0.262 e. The molecule has 1 aliphatic rings. The lowest BCUT2D eigenvalue weighted by Gasteiger charge is -2.11. The van der Waals surface area contributed by atoms with Crippen molar-refractivity contribution in [1.29, 1.82) is 0 Å². The molecule has 1 aliphatic heterocycles. The van der Waals surface area contributed by atoms with Crippen LogP contribution < -0.4 is 15.4 Å². The minimum absolute atomic E-state index is 0.365. The van der Waals surface area contributed by atoms with E-state index in [0.717, 1.165) is 11.3 Å². The highest BCUT2D eigenvalue weighted by Crippen LogP contribution is 2.24. The van der Waals surface area contributed by atoms with Gasteiger partial charge in [-0.3, -0.25) is 10.1 Å². The fraction of sp³-hybridized carbons (Fsp3) is 0.500. The topological polar surface area (TPSA) is 50.4 Å². The average molecular weight is 284 g/mol. The third-order valence-electron chi connectivity index (χ3n) is 3.30. The maximum atomic E-state index is 13.0. The molecule has 1 fully saturated rings. The summed E-state index contributed by atoms with van der Waals surface area (Å²) in [6.45, 7) is -0.00151. The van der Waals surface area contributed by atoms with E-state index in [1.807, 2.05) is 24.3 Å². The summed E-state index contributed by atoms with van der Waals surface area (Å²) in [5.74, 6) is -2.37. The molecule has 2 N–H and O–H groups in total. The summed E-state index contributed by atoms with van der Waals surface area (Å²) in [4.78, 5) is 11.7. The summed E-state index contributed by atoms with van der Waals surface area (Å²) in [7, 11) is 1.60. The molecule has 0 bridgehead atoms. The molecule has 20 heavy (non-hydrogen) atoms. The highest BCUT2D eigenvalue weighted by atomic mass is 19.3. The highest BCUT2D eigenvalue weighted by molar-refractivity contribution is 5.82. The standard InChI is InChI=1S/C14H18F2N2O2/c1-20-11-4-2-10(3-5-11)6-7-17-13(19)12-8-14(15,16)9-18-12/h2-5,12,18H,6-9H2,1H3,(H,17,19). The average Bonchev–Trinajstić information content (AvgIpc) is 2.80. The summed E-state index contributed by atoms with van der Waals surface area (Å²) < 4.78 is 31.0. The lowest BCUT2D eigenvalue weighted by molar-refractivity contribution is -0.123. The van der Waals surface area contributed by atoms with Crippen molar-refractivity contribution >= 4 is 5.91 Å². The first-order valence-electron chi connectivity index (χ1n) is 6.52. The number of amides is 1. The minimum atomic E-state index is -2.78.